The summed E-state index contributed by atoms with van der Waals surface area (Å²) in [5, 5.41) is 0. The molecule has 4 nitrogen and oxygen atoms in total. The largest absolute Gasteiger partial charge is 0.462 e. The lowest BCUT2D eigenvalue weighted by molar-refractivity contribution is -0.127. The van der Waals surface area contributed by atoms with E-state index in [9.17, 15) is 13.2 Å². The average Bonchev–Trinajstić information content (AvgIpc) is 1.97. The van der Waals surface area contributed by atoms with E-state index < -0.39 is 14.6 Å². The van der Waals surface area contributed by atoms with Crippen LogP contribution in [0, 0.1) is 0 Å². The predicted molar refractivity (Wildman–Crippen MR) is 49.8 cm³/mol. The Kier molecular flexibility index (Phi) is 3.66. The summed E-state index contributed by atoms with van der Waals surface area (Å²) >= 11 is 0. The molecule has 0 saturated carbocycles. The number of hydrogen-bond acceptors (Lipinski definition) is 4. The maximum atomic E-state index is 11.6. The number of rotatable bonds is 4. The van der Waals surface area contributed by atoms with E-state index in [4.69, 9.17) is 0 Å². The average molecular weight is 206 g/mol. The van der Waals surface area contributed by atoms with Gasteiger partial charge >= 0.3 is 0 Å². The lowest BCUT2D eigenvalue weighted by Crippen LogP contribution is -2.30. The minimum Gasteiger partial charge on any atom is -0.462 e. The van der Waals surface area contributed by atoms with Crippen molar-refractivity contribution < 1.29 is 17.9 Å². The fraction of sp³-hybridized carbons (Fsp3) is 0.625. The molecular formula is C8H14O4S. The molecule has 0 aromatic rings. The van der Waals surface area contributed by atoms with Gasteiger partial charge in [-0.05, 0) is 20.8 Å². The van der Waals surface area contributed by atoms with Gasteiger partial charge in [0.15, 0.2) is 9.84 Å². The highest BCUT2D eigenvalue weighted by Crippen LogP contribution is 2.22. The summed E-state index contributed by atoms with van der Waals surface area (Å²) in [5.74, 6) is 0. The predicted octanol–water partition coefficient (Wildman–Crippen LogP) is 0.886. The maximum Gasteiger partial charge on any atom is 0.293 e. The van der Waals surface area contributed by atoms with Crippen molar-refractivity contribution in [2.24, 2.45) is 0 Å². The third-order valence-electron chi connectivity index (χ3n) is 1.50. The van der Waals surface area contributed by atoms with Gasteiger partial charge in [-0.3, -0.25) is 4.79 Å². The van der Waals surface area contributed by atoms with Gasteiger partial charge in [-0.2, -0.15) is 0 Å². The molecule has 0 N–H and O–H groups in total. The summed E-state index contributed by atoms with van der Waals surface area (Å²) in [6, 6.07) is 0. The van der Waals surface area contributed by atoms with Crippen LogP contribution in [-0.4, -0.2) is 26.2 Å². The summed E-state index contributed by atoms with van der Waals surface area (Å²) < 4.78 is 26.5. The van der Waals surface area contributed by atoms with Gasteiger partial charge in [-0.25, -0.2) is 8.42 Å². The van der Waals surface area contributed by atoms with E-state index in [-0.39, 0.29) is 18.0 Å². The first-order valence-electron chi connectivity index (χ1n) is 3.71. The van der Waals surface area contributed by atoms with E-state index in [1.165, 1.54) is 0 Å². The van der Waals surface area contributed by atoms with E-state index in [0.29, 0.717) is 0 Å². The van der Waals surface area contributed by atoms with E-state index in [0.717, 1.165) is 0 Å². The summed E-state index contributed by atoms with van der Waals surface area (Å²) in [6.45, 7) is 7.97. The Bertz CT molecular complexity index is 295. The van der Waals surface area contributed by atoms with Crippen LogP contribution in [0.2, 0.25) is 0 Å². The molecule has 0 aliphatic carbocycles. The van der Waals surface area contributed by atoms with Crippen LogP contribution in [0.5, 0.6) is 0 Å². The van der Waals surface area contributed by atoms with E-state index >= 15 is 0 Å². The molecule has 0 aliphatic heterocycles. The van der Waals surface area contributed by atoms with Crippen LogP contribution in [0.1, 0.15) is 20.8 Å². The summed E-state index contributed by atoms with van der Waals surface area (Å²) in [4.78, 5) is 9.75. The van der Waals surface area contributed by atoms with Gasteiger partial charge < -0.3 is 4.74 Å². The molecule has 13 heavy (non-hydrogen) atoms. The normalized spacial score (nSPS) is 12.2. The van der Waals surface area contributed by atoms with Crippen molar-refractivity contribution in [3.63, 3.8) is 0 Å². The standard InChI is InChI=1S/C8H14O4S/c1-7(5-12-6-9)13(10,11)8(2,3)4/h6H,1,5H2,2-4H3. The molecule has 76 valence electrons. The zero-order chi connectivity index (χ0) is 10.7. The summed E-state index contributed by atoms with van der Waals surface area (Å²) in [7, 11) is -3.43. The molecule has 0 spiro atoms. The highest BCUT2D eigenvalue weighted by Gasteiger charge is 2.31. The molecule has 0 bridgehead atoms. The van der Waals surface area contributed by atoms with Gasteiger partial charge in [0, 0.05) is 0 Å². The molecular weight excluding hydrogens is 192 g/mol. The van der Waals surface area contributed by atoms with Crippen molar-refractivity contribution in [3.05, 3.63) is 11.5 Å². The Balaban J connectivity index is 4.67. The van der Waals surface area contributed by atoms with Crippen molar-refractivity contribution in [1.29, 1.82) is 0 Å². The Hall–Kier alpha value is -0.840. The molecule has 0 aromatic heterocycles. The second-order valence-electron chi connectivity index (χ2n) is 3.56. The van der Waals surface area contributed by atoms with Crippen molar-refractivity contribution in [1.82, 2.24) is 0 Å². The van der Waals surface area contributed by atoms with Gasteiger partial charge in [0.05, 0.1) is 9.65 Å². The maximum absolute atomic E-state index is 11.6. The van der Waals surface area contributed by atoms with E-state index in [1.54, 1.807) is 20.8 Å². The molecule has 0 heterocycles. The van der Waals surface area contributed by atoms with Crippen LogP contribution >= 0.6 is 0 Å². The number of hydrogen-bond donors (Lipinski definition) is 0. The summed E-state index contributed by atoms with van der Waals surface area (Å²) in [6.07, 6.45) is 0. The first-order valence-corrected chi connectivity index (χ1v) is 5.19. The molecule has 0 radical (unpaired) electrons. The number of carbonyl (C=O) groups excluding carboxylic acids is 1. The van der Waals surface area contributed by atoms with Crippen LogP contribution in [0.4, 0.5) is 0 Å². The molecule has 0 amide bonds. The highest BCUT2D eigenvalue weighted by atomic mass is 32.2. The van der Waals surface area contributed by atoms with Gasteiger partial charge in [-0.15, -0.1) is 0 Å². The zero-order valence-corrected chi connectivity index (χ0v) is 8.85. The molecule has 0 saturated heterocycles. The van der Waals surface area contributed by atoms with Crippen molar-refractivity contribution in [3.8, 4) is 0 Å². The van der Waals surface area contributed by atoms with Crippen LogP contribution in [0.3, 0.4) is 0 Å². The first kappa shape index (κ1) is 12.2. The van der Waals surface area contributed by atoms with Gasteiger partial charge in [0.25, 0.3) is 6.47 Å². The molecule has 0 aromatic carbocycles. The molecule has 0 rings (SSSR count). The lowest BCUT2D eigenvalue weighted by Gasteiger charge is -2.19. The van der Waals surface area contributed by atoms with Crippen molar-refractivity contribution in [2.75, 3.05) is 6.61 Å². The molecule has 0 fully saturated rings. The Labute approximate surface area is 78.5 Å². The zero-order valence-electron chi connectivity index (χ0n) is 8.03. The molecule has 0 atom stereocenters. The third kappa shape index (κ3) is 2.84. The molecule has 0 aliphatic rings. The topological polar surface area (TPSA) is 60.4 Å². The van der Waals surface area contributed by atoms with Crippen LogP contribution < -0.4 is 0 Å². The lowest BCUT2D eigenvalue weighted by atomic mass is 10.3. The van der Waals surface area contributed by atoms with Crippen molar-refractivity contribution in [2.45, 2.75) is 25.5 Å². The third-order valence-corrected chi connectivity index (χ3v) is 3.99. The number of carbonyl (C=O) groups is 1. The van der Waals surface area contributed by atoms with E-state index in [2.05, 4.69) is 11.3 Å². The second kappa shape index (κ2) is 3.91. The minimum absolute atomic E-state index is 0.0768. The highest BCUT2D eigenvalue weighted by molar-refractivity contribution is 7.96. The van der Waals surface area contributed by atoms with Crippen LogP contribution in [-0.2, 0) is 19.4 Å². The Morgan fingerprint density at radius 3 is 2.23 bits per heavy atom. The van der Waals surface area contributed by atoms with Crippen LogP contribution in [0.25, 0.3) is 0 Å². The van der Waals surface area contributed by atoms with Crippen molar-refractivity contribution >= 4 is 16.3 Å². The van der Waals surface area contributed by atoms with Gasteiger partial charge in [0.2, 0.25) is 0 Å². The Morgan fingerprint density at radius 1 is 1.46 bits per heavy atom. The fourth-order valence-electron chi connectivity index (χ4n) is 0.638. The van der Waals surface area contributed by atoms with Gasteiger partial charge in [0.1, 0.15) is 6.61 Å². The minimum atomic E-state index is -3.43. The quantitative estimate of drug-likeness (QED) is 0.641. The van der Waals surface area contributed by atoms with Gasteiger partial charge in [-0.1, -0.05) is 6.58 Å². The molecule has 5 heteroatoms. The first-order chi connectivity index (χ1) is 5.73. The fourth-order valence-corrected chi connectivity index (χ4v) is 1.73. The monoisotopic (exact) mass is 206 g/mol. The second-order valence-corrected chi connectivity index (χ2v) is 6.37. The van der Waals surface area contributed by atoms with E-state index in [1.807, 2.05) is 0 Å². The number of ether oxygens (including phenoxy) is 1. The smallest absolute Gasteiger partial charge is 0.293 e. The van der Waals surface area contributed by atoms with Crippen LogP contribution in [0.15, 0.2) is 11.5 Å². The number of sulfone groups is 1. The SMILES string of the molecule is C=C(COC=O)S(=O)(=O)C(C)(C)C. The molecule has 0 unspecified atom stereocenters. The Morgan fingerprint density at radius 2 is 1.92 bits per heavy atom. The summed E-state index contributed by atoms with van der Waals surface area (Å²) in [5.41, 5.74) is 0.